The van der Waals surface area contributed by atoms with Crippen molar-refractivity contribution in [1.29, 1.82) is 5.26 Å². The first kappa shape index (κ1) is 14.4. The summed E-state index contributed by atoms with van der Waals surface area (Å²) in [6.07, 6.45) is -0.522. The van der Waals surface area contributed by atoms with E-state index in [4.69, 9.17) is 10.00 Å². The predicted octanol–water partition coefficient (Wildman–Crippen LogP) is 1.46. The van der Waals surface area contributed by atoms with Crippen molar-refractivity contribution < 1.29 is 19.0 Å². The van der Waals surface area contributed by atoms with E-state index < -0.39 is 11.9 Å². The van der Waals surface area contributed by atoms with Crippen LogP contribution in [-0.4, -0.2) is 41.6 Å². The fraction of sp³-hybridized carbons (Fsp3) is 0.429. The number of morpholine rings is 1. The zero-order valence-corrected chi connectivity index (χ0v) is 11.1. The Morgan fingerprint density at radius 2 is 2.40 bits per heavy atom. The number of aromatic hydroxyl groups is 1. The van der Waals surface area contributed by atoms with E-state index in [0.717, 1.165) is 6.07 Å². The Kier molecular flexibility index (Phi) is 4.32. The summed E-state index contributed by atoms with van der Waals surface area (Å²) in [5.41, 5.74) is 0.318. The van der Waals surface area contributed by atoms with Crippen molar-refractivity contribution in [1.82, 2.24) is 4.90 Å². The molecule has 0 radical (unpaired) electrons. The minimum absolute atomic E-state index is 0.0231. The Labute approximate surface area is 116 Å². The number of halogens is 1. The lowest BCUT2D eigenvalue weighted by Crippen LogP contribution is -2.41. The molecular formula is C14H15FN2O3. The second kappa shape index (κ2) is 5.99. The summed E-state index contributed by atoms with van der Waals surface area (Å²) in [4.78, 5) is 13.2. The lowest BCUT2D eigenvalue weighted by atomic mass is 10.0. The van der Waals surface area contributed by atoms with Crippen molar-refractivity contribution in [2.24, 2.45) is 0 Å². The second-order valence-electron chi connectivity index (χ2n) is 4.74. The van der Waals surface area contributed by atoms with Crippen LogP contribution in [0.3, 0.4) is 0 Å². The molecule has 106 valence electrons. The highest BCUT2D eigenvalue weighted by Crippen LogP contribution is 2.26. The molecule has 0 aromatic heterocycles. The number of phenols is 1. The number of nitriles is 1. The van der Waals surface area contributed by atoms with E-state index in [9.17, 15) is 14.3 Å². The molecule has 2 rings (SSSR count). The molecule has 1 aliphatic heterocycles. The van der Waals surface area contributed by atoms with E-state index in [1.54, 1.807) is 0 Å². The zero-order chi connectivity index (χ0) is 14.7. The number of nitrogens with zero attached hydrogens (tertiary/aromatic N) is 2. The molecule has 1 aliphatic rings. The highest BCUT2D eigenvalue weighted by Gasteiger charge is 2.22. The molecule has 1 fully saturated rings. The number of hydrogen-bond acceptors (Lipinski definition) is 5. The van der Waals surface area contributed by atoms with Crippen LogP contribution in [0.25, 0.3) is 0 Å². The molecule has 1 saturated heterocycles. The number of carbonyl (C=O) groups excluding carboxylic acids is 1. The van der Waals surface area contributed by atoms with E-state index in [-0.39, 0.29) is 23.6 Å². The second-order valence-corrected chi connectivity index (χ2v) is 4.74. The smallest absolute Gasteiger partial charge is 0.163 e. The van der Waals surface area contributed by atoms with E-state index >= 15 is 0 Å². The normalized spacial score (nSPS) is 19.6. The molecular weight excluding hydrogens is 263 g/mol. The third-order valence-corrected chi connectivity index (χ3v) is 3.22. The van der Waals surface area contributed by atoms with Gasteiger partial charge >= 0.3 is 0 Å². The number of ether oxygens (including phenoxy) is 1. The lowest BCUT2D eigenvalue weighted by molar-refractivity contribution is -0.00295. The van der Waals surface area contributed by atoms with Gasteiger partial charge in [0.05, 0.1) is 18.2 Å². The number of rotatable bonds is 3. The number of benzene rings is 1. The van der Waals surface area contributed by atoms with Gasteiger partial charge in [0.1, 0.15) is 11.6 Å². The molecule has 6 heteroatoms. The Bertz CT molecular complexity index is 568. The third kappa shape index (κ3) is 3.13. The molecule has 1 aromatic rings. The van der Waals surface area contributed by atoms with Gasteiger partial charge in [-0.15, -0.1) is 0 Å². The fourth-order valence-electron chi connectivity index (χ4n) is 2.21. The zero-order valence-electron chi connectivity index (χ0n) is 11.1. The molecule has 0 aliphatic carbocycles. The third-order valence-electron chi connectivity index (χ3n) is 3.22. The van der Waals surface area contributed by atoms with Crippen LogP contribution in [0.5, 0.6) is 5.75 Å². The van der Waals surface area contributed by atoms with Crippen LogP contribution >= 0.6 is 0 Å². The molecule has 1 atom stereocenters. The van der Waals surface area contributed by atoms with Gasteiger partial charge < -0.3 is 9.84 Å². The number of carbonyl (C=O) groups is 1. The Hall–Kier alpha value is -1.97. The molecule has 0 spiro atoms. The summed E-state index contributed by atoms with van der Waals surface area (Å²) < 4.78 is 18.7. The van der Waals surface area contributed by atoms with Gasteiger partial charge in [0, 0.05) is 25.2 Å². The van der Waals surface area contributed by atoms with Crippen molar-refractivity contribution in [2.75, 3.05) is 19.7 Å². The van der Waals surface area contributed by atoms with Crippen LogP contribution in [-0.2, 0) is 11.3 Å². The maximum Gasteiger partial charge on any atom is 0.163 e. The lowest BCUT2D eigenvalue weighted by Gasteiger charge is -2.29. The van der Waals surface area contributed by atoms with Crippen molar-refractivity contribution >= 4 is 5.78 Å². The summed E-state index contributed by atoms with van der Waals surface area (Å²) >= 11 is 0. The molecule has 1 N–H and O–H groups in total. The first-order chi connectivity index (χ1) is 9.51. The van der Waals surface area contributed by atoms with Gasteiger partial charge in [-0.2, -0.15) is 5.26 Å². The molecule has 0 saturated carbocycles. The van der Waals surface area contributed by atoms with E-state index in [1.807, 2.05) is 11.0 Å². The molecule has 1 unspecified atom stereocenters. The van der Waals surface area contributed by atoms with Crippen molar-refractivity contribution in [3.05, 3.63) is 29.1 Å². The van der Waals surface area contributed by atoms with E-state index in [2.05, 4.69) is 0 Å². The first-order valence-electron chi connectivity index (χ1n) is 6.27. The average Bonchev–Trinajstić information content (AvgIpc) is 2.42. The Morgan fingerprint density at radius 3 is 3.05 bits per heavy atom. The number of Topliss-reactive ketones (excluding diaryl/α,β-unsaturated/α-hetero) is 1. The Balaban J connectivity index is 2.21. The van der Waals surface area contributed by atoms with Gasteiger partial charge in [-0.1, -0.05) is 0 Å². The summed E-state index contributed by atoms with van der Waals surface area (Å²) in [6, 6.07) is 4.25. The molecule has 0 bridgehead atoms. The van der Waals surface area contributed by atoms with Gasteiger partial charge in [0.25, 0.3) is 0 Å². The van der Waals surface area contributed by atoms with Gasteiger partial charge in [0.15, 0.2) is 11.9 Å². The average molecular weight is 278 g/mol. The number of hydrogen-bond donors (Lipinski definition) is 1. The minimum atomic E-state index is -0.562. The molecule has 1 heterocycles. The topological polar surface area (TPSA) is 73.6 Å². The monoisotopic (exact) mass is 278 g/mol. The predicted molar refractivity (Wildman–Crippen MR) is 68.7 cm³/mol. The van der Waals surface area contributed by atoms with Gasteiger partial charge in [-0.05, 0) is 19.1 Å². The van der Waals surface area contributed by atoms with E-state index in [0.29, 0.717) is 25.3 Å². The maximum absolute atomic E-state index is 13.5. The largest absolute Gasteiger partial charge is 0.507 e. The van der Waals surface area contributed by atoms with Crippen LogP contribution in [0.2, 0.25) is 0 Å². The molecule has 0 amide bonds. The molecule has 5 nitrogen and oxygen atoms in total. The van der Waals surface area contributed by atoms with Crippen LogP contribution in [0, 0.1) is 17.1 Å². The highest BCUT2D eigenvalue weighted by molar-refractivity contribution is 5.97. The highest BCUT2D eigenvalue weighted by atomic mass is 19.1. The first-order valence-corrected chi connectivity index (χ1v) is 6.27. The fourth-order valence-corrected chi connectivity index (χ4v) is 2.21. The maximum atomic E-state index is 13.5. The number of phenolic OH excluding ortho intramolecular Hbond substituents is 1. The van der Waals surface area contributed by atoms with Crippen LogP contribution < -0.4 is 0 Å². The number of ketones is 1. The van der Waals surface area contributed by atoms with Crippen LogP contribution in [0.4, 0.5) is 4.39 Å². The van der Waals surface area contributed by atoms with Crippen LogP contribution in [0.15, 0.2) is 12.1 Å². The standard InChI is InChI=1S/C14H15FN2O3/c1-9(18)13-5-11(15)4-10(14(13)19)7-17-2-3-20-12(6-16)8-17/h4-5,12,19H,2-3,7-8H2,1H3. The van der Waals surface area contributed by atoms with Crippen molar-refractivity contribution in [3.63, 3.8) is 0 Å². The quantitative estimate of drug-likeness (QED) is 0.847. The van der Waals surface area contributed by atoms with Crippen molar-refractivity contribution in [2.45, 2.75) is 19.6 Å². The van der Waals surface area contributed by atoms with Gasteiger partial charge in [-0.25, -0.2) is 4.39 Å². The SMILES string of the molecule is CC(=O)c1cc(F)cc(CN2CCOC(C#N)C2)c1O. The van der Waals surface area contributed by atoms with Crippen LogP contribution in [0.1, 0.15) is 22.8 Å². The molecule has 20 heavy (non-hydrogen) atoms. The summed E-state index contributed by atoms with van der Waals surface area (Å²) in [5.74, 6) is -1.15. The summed E-state index contributed by atoms with van der Waals surface area (Å²) in [7, 11) is 0. The summed E-state index contributed by atoms with van der Waals surface area (Å²) in [5, 5.41) is 18.9. The van der Waals surface area contributed by atoms with Gasteiger partial charge in [0.2, 0.25) is 0 Å². The molecule has 1 aromatic carbocycles. The summed E-state index contributed by atoms with van der Waals surface area (Å²) in [6.45, 7) is 2.93. The van der Waals surface area contributed by atoms with Crippen molar-refractivity contribution in [3.8, 4) is 11.8 Å². The minimum Gasteiger partial charge on any atom is -0.507 e. The van der Waals surface area contributed by atoms with E-state index in [1.165, 1.54) is 13.0 Å². The van der Waals surface area contributed by atoms with Gasteiger partial charge in [-0.3, -0.25) is 9.69 Å². The Morgan fingerprint density at radius 1 is 1.65 bits per heavy atom.